The van der Waals surface area contributed by atoms with Crippen molar-refractivity contribution >= 4 is 0 Å². The highest BCUT2D eigenvalue weighted by atomic mass is 16.5. The maximum Gasteiger partial charge on any atom is 0.119 e. The molecule has 1 heteroatoms. The van der Waals surface area contributed by atoms with Crippen molar-refractivity contribution in [1.82, 2.24) is 0 Å². The Morgan fingerprint density at radius 2 is 1.34 bits per heavy atom. The van der Waals surface area contributed by atoms with Crippen molar-refractivity contribution in [2.75, 3.05) is 6.61 Å². The third-order valence-electron chi connectivity index (χ3n) is 8.09. The molecule has 3 rings (SSSR count). The first-order valence-electron chi connectivity index (χ1n) is 14.0. The number of rotatable bonds is 11. The zero-order valence-electron chi connectivity index (χ0n) is 21.0. The second-order valence-electron chi connectivity index (χ2n) is 10.6. The van der Waals surface area contributed by atoms with Crippen LogP contribution < -0.4 is 4.74 Å². The van der Waals surface area contributed by atoms with Gasteiger partial charge in [0.1, 0.15) is 5.75 Å². The van der Waals surface area contributed by atoms with Crippen LogP contribution in [0.25, 0.3) is 0 Å². The lowest BCUT2D eigenvalue weighted by molar-refractivity contribution is 0.153. The Hall–Kier alpha value is -1.42. The van der Waals surface area contributed by atoms with E-state index in [2.05, 4.69) is 50.0 Å². The van der Waals surface area contributed by atoms with E-state index in [1.807, 2.05) is 0 Å². The van der Waals surface area contributed by atoms with E-state index in [0.717, 1.165) is 42.1 Å². The van der Waals surface area contributed by atoms with Gasteiger partial charge in [-0.1, -0.05) is 83.5 Å². The molecule has 0 spiro atoms. The van der Waals surface area contributed by atoms with E-state index in [1.54, 1.807) is 0 Å². The van der Waals surface area contributed by atoms with Crippen molar-refractivity contribution in [3.05, 3.63) is 29.8 Å². The fourth-order valence-corrected chi connectivity index (χ4v) is 5.91. The van der Waals surface area contributed by atoms with E-state index >= 15 is 0 Å². The van der Waals surface area contributed by atoms with E-state index < -0.39 is 0 Å². The summed E-state index contributed by atoms with van der Waals surface area (Å²) < 4.78 is 5.81. The third-order valence-corrected chi connectivity index (χ3v) is 8.09. The normalized spacial score (nSPS) is 25.7. The van der Waals surface area contributed by atoms with Crippen molar-refractivity contribution in [3.8, 4) is 17.6 Å². The fourth-order valence-electron chi connectivity index (χ4n) is 5.91. The summed E-state index contributed by atoms with van der Waals surface area (Å²) in [4.78, 5) is 0. The summed E-state index contributed by atoms with van der Waals surface area (Å²) in [6.07, 6.45) is 22.3. The van der Waals surface area contributed by atoms with Gasteiger partial charge in [0.15, 0.2) is 0 Å². The molecule has 0 saturated heterocycles. The summed E-state index contributed by atoms with van der Waals surface area (Å²) in [5.41, 5.74) is 1.13. The van der Waals surface area contributed by atoms with Crippen molar-refractivity contribution in [2.24, 2.45) is 23.7 Å². The van der Waals surface area contributed by atoms with Crippen LogP contribution in [0.3, 0.4) is 0 Å². The van der Waals surface area contributed by atoms with Crippen LogP contribution in [0, 0.1) is 35.5 Å². The van der Waals surface area contributed by atoms with Crippen LogP contribution >= 0.6 is 0 Å². The average Bonchev–Trinajstić information content (AvgIpc) is 2.85. The van der Waals surface area contributed by atoms with Gasteiger partial charge < -0.3 is 4.74 Å². The Bertz CT molecular complexity index is 663. The summed E-state index contributed by atoms with van der Waals surface area (Å²) >= 11 is 0. The van der Waals surface area contributed by atoms with Gasteiger partial charge in [-0.25, -0.2) is 0 Å². The van der Waals surface area contributed by atoms with Gasteiger partial charge in [0.05, 0.1) is 6.61 Å². The van der Waals surface area contributed by atoms with Crippen LogP contribution in [-0.4, -0.2) is 6.61 Å². The maximum atomic E-state index is 5.81. The average molecular weight is 437 g/mol. The molecule has 1 aromatic carbocycles. The Balaban J connectivity index is 1.33. The molecule has 0 radical (unpaired) electrons. The first-order valence-corrected chi connectivity index (χ1v) is 14.0. The number of hydrogen-bond acceptors (Lipinski definition) is 1. The van der Waals surface area contributed by atoms with E-state index in [-0.39, 0.29) is 0 Å². The third kappa shape index (κ3) is 8.84. The molecule has 178 valence electrons. The molecule has 0 aliphatic heterocycles. The minimum absolute atomic E-state index is 0.603. The Labute approximate surface area is 199 Å². The molecule has 32 heavy (non-hydrogen) atoms. The largest absolute Gasteiger partial charge is 0.494 e. The van der Waals surface area contributed by atoms with Gasteiger partial charge in [0, 0.05) is 11.5 Å². The van der Waals surface area contributed by atoms with E-state index in [9.17, 15) is 0 Å². The standard InChI is InChI=1S/C31H48O/c1-3-5-7-8-10-26-13-19-29(20-14-26)30-21-15-27(16-22-30)11-12-28-17-23-31(24-18-28)32-25-9-6-4-2/h17-18,23-24,26-27,29-30H,3-10,13-16,19-22,25H2,1-2H3/t26-,27-,29-,30-. The number of unbranched alkanes of at least 4 members (excludes halogenated alkanes) is 5. The lowest BCUT2D eigenvalue weighted by Crippen LogP contribution is -2.25. The smallest absolute Gasteiger partial charge is 0.119 e. The molecule has 0 amide bonds. The molecule has 0 heterocycles. The lowest BCUT2D eigenvalue weighted by atomic mass is 9.69. The molecule has 0 aromatic heterocycles. The molecule has 1 aromatic rings. The Kier molecular flexibility index (Phi) is 11.6. The van der Waals surface area contributed by atoms with Crippen LogP contribution in [0.15, 0.2) is 24.3 Å². The molecule has 2 fully saturated rings. The Morgan fingerprint density at radius 3 is 2.00 bits per heavy atom. The zero-order valence-corrected chi connectivity index (χ0v) is 21.0. The number of ether oxygens (including phenoxy) is 1. The minimum atomic E-state index is 0.603. The van der Waals surface area contributed by atoms with Crippen LogP contribution in [0.4, 0.5) is 0 Å². The van der Waals surface area contributed by atoms with Gasteiger partial charge in [-0.15, -0.1) is 0 Å². The second kappa shape index (κ2) is 14.7. The van der Waals surface area contributed by atoms with Crippen molar-refractivity contribution in [1.29, 1.82) is 0 Å². The second-order valence-corrected chi connectivity index (χ2v) is 10.6. The molecule has 2 aliphatic rings. The highest BCUT2D eigenvalue weighted by Gasteiger charge is 2.30. The predicted octanol–water partition coefficient (Wildman–Crippen LogP) is 9.19. The zero-order chi connectivity index (χ0) is 22.4. The summed E-state index contributed by atoms with van der Waals surface area (Å²) in [6, 6.07) is 8.39. The van der Waals surface area contributed by atoms with E-state index in [1.165, 1.54) is 96.3 Å². The van der Waals surface area contributed by atoms with Gasteiger partial charge in [0.2, 0.25) is 0 Å². The Morgan fingerprint density at radius 1 is 0.719 bits per heavy atom. The van der Waals surface area contributed by atoms with E-state index in [0.29, 0.717) is 5.92 Å². The quantitative estimate of drug-likeness (QED) is 0.248. The first-order chi connectivity index (χ1) is 15.8. The number of hydrogen-bond donors (Lipinski definition) is 0. The SMILES string of the molecule is CCCCCC[C@H]1CC[C@H]([C@H]2CC[C@H](C#Cc3ccc(OCCCCC)cc3)CC2)CC1. The molecule has 2 saturated carbocycles. The summed E-state index contributed by atoms with van der Waals surface area (Å²) in [7, 11) is 0. The summed E-state index contributed by atoms with van der Waals surface area (Å²) in [6.45, 7) is 5.36. The molecule has 0 bridgehead atoms. The van der Waals surface area contributed by atoms with Crippen LogP contribution in [0.5, 0.6) is 5.75 Å². The van der Waals surface area contributed by atoms with Crippen LogP contribution in [0.2, 0.25) is 0 Å². The van der Waals surface area contributed by atoms with Gasteiger partial charge in [0.25, 0.3) is 0 Å². The number of benzene rings is 1. The summed E-state index contributed by atoms with van der Waals surface area (Å²) in [5.74, 6) is 11.6. The molecule has 0 unspecified atom stereocenters. The fraction of sp³-hybridized carbons (Fsp3) is 0.742. The maximum absolute atomic E-state index is 5.81. The van der Waals surface area contributed by atoms with Crippen molar-refractivity contribution in [2.45, 2.75) is 117 Å². The first kappa shape index (κ1) is 25.2. The topological polar surface area (TPSA) is 9.23 Å². The van der Waals surface area contributed by atoms with Crippen LogP contribution in [-0.2, 0) is 0 Å². The predicted molar refractivity (Wildman–Crippen MR) is 138 cm³/mol. The van der Waals surface area contributed by atoms with Gasteiger partial charge in [-0.2, -0.15) is 0 Å². The highest BCUT2D eigenvalue weighted by Crippen LogP contribution is 2.42. The molecule has 0 N–H and O–H groups in total. The van der Waals surface area contributed by atoms with Crippen molar-refractivity contribution in [3.63, 3.8) is 0 Å². The molecule has 0 atom stereocenters. The molecule has 2 aliphatic carbocycles. The highest BCUT2D eigenvalue weighted by molar-refractivity contribution is 5.38. The van der Waals surface area contributed by atoms with Gasteiger partial charge >= 0.3 is 0 Å². The van der Waals surface area contributed by atoms with Crippen molar-refractivity contribution < 1.29 is 4.74 Å². The molecular weight excluding hydrogens is 388 g/mol. The molecular formula is C31H48O. The monoisotopic (exact) mass is 436 g/mol. The lowest BCUT2D eigenvalue weighted by Gasteiger charge is -2.37. The molecule has 1 nitrogen and oxygen atoms in total. The van der Waals surface area contributed by atoms with Gasteiger partial charge in [-0.3, -0.25) is 0 Å². The summed E-state index contributed by atoms with van der Waals surface area (Å²) in [5, 5.41) is 0. The van der Waals surface area contributed by atoms with Crippen LogP contribution in [0.1, 0.15) is 122 Å². The van der Waals surface area contributed by atoms with Gasteiger partial charge in [-0.05, 0) is 87.0 Å². The van der Waals surface area contributed by atoms with E-state index in [4.69, 9.17) is 4.74 Å². The minimum Gasteiger partial charge on any atom is -0.494 e.